The van der Waals surface area contributed by atoms with Crippen LogP contribution in [0.2, 0.25) is 0 Å². The number of hydrogen-bond acceptors (Lipinski definition) is 4. The average molecular weight is 281 g/mol. The van der Waals surface area contributed by atoms with E-state index in [0.29, 0.717) is 12.0 Å². The Balaban J connectivity index is 3.18. The van der Waals surface area contributed by atoms with E-state index in [-0.39, 0.29) is 17.6 Å². The predicted octanol–water partition coefficient (Wildman–Crippen LogP) is 1.63. The van der Waals surface area contributed by atoms with Gasteiger partial charge in [0.15, 0.2) is 0 Å². The number of carbonyl (C=O) groups is 2. The van der Waals surface area contributed by atoms with E-state index in [9.17, 15) is 14.7 Å². The molecule has 1 amide bonds. The van der Waals surface area contributed by atoms with E-state index < -0.39 is 17.5 Å². The molecule has 20 heavy (non-hydrogen) atoms. The summed E-state index contributed by atoms with van der Waals surface area (Å²) < 4.78 is 4.75. The third-order valence-electron chi connectivity index (χ3n) is 3.48. The van der Waals surface area contributed by atoms with Gasteiger partial charge in [-0.2, -0.15) is 0 Å². The number of β-lactam (4-membered cyclic amide) rings is 1. The molecule has 0 aromatic heterocycles. The lowest BCUT2D eigenvalue weighted by atomic mass is 9.74. The zero-order valence-corrected chi connectivity index (χ0v) is 12.8. The normalized spacial score (nSPS) is 22.1. The zero-order chi connectivity index (χ0) is 15.7. The molecule has 0 aromatic rings. The first kappa shape index (κ1) is 16.4. The van der Waals surface area contributed by atoms with Crippen LogP contribution in [0.5, 0.6) is 0 Å². The number of ether oxygens (including phenoxy) is 1. The smallest absolute Gasteiger partial charge is 0.354 e. The van der Waals surface area contributed by atoms with Crippen molar-refractivity contribution < 1.29 is 19.4 Å². The van der Waals surface area contributed by atoms with Crippen molar-refractivity contribution in [3.8, 4) is 0 Å². The summed E-state index contributed by atoms with van der Waals surface area (Å²) in [4.78, 5) is 25.6. The Hall–Kier alpha value is -1.62. The molecule has 5 nitrogen and oxygen atoms in total. The Kier molecular flexibility index (Phi) is 4.76. The van der Waals surface area contributed by atoms with Crippen molar-refractivity contribution in [1.82, 2.24) is 4.90 Å². The van der Waals surface area contributed by atoms with Gasteiger partial charge in [0.2, 0.25) is 5.91 Å². The van der Waals surface area contributed by atoms with Crippen molar-refractivity contribution in [2.45, 2.75) is 45.8 Å². The number of amides is 1. The Morgan fingerprint density at radius 2 is 2.05 bits per heavy atom. The number of carbonyl (C=O) groups excluding carboxylic acids is 2. The number of esters is 1. The monoisotopic (exact) mass is 281 g/mol. The van der Waals surface area contributed by atoms with Crippen LogP contribution in [0.15, 0.2) is 23.9 Å². The Labute approximate surface area is 119 Å². The number of rotatable bonds is 5. The van der Waals surface area contributed by atoms with E-state index in [2.05, 4.69) is 6.58 Å². The lowest BCUT2D eigenvalue weighted by molar-refractivity contribution is -0.172. The highest BCUT2D eigenvalue weighted by Crippen LogP contribution is 2.40. The molecule has 1 rings (SSSR count). The highest BCUT2D eigenvalue weighted by Gasteiger charge is 2.55. The molecule has 0 aromatic carbocycles. The molecule has 1 saturated heterocycles. The molecule has 112 valence electrons. The van der Waals surface area contributed by atoms with Gasteiger partial charge >= 0.3 is 5.97 Å². The number of likely N-dealkylation sites (tertiary alicyclic amines) is 1. The summed E-state index contributed by atoms with van der Waals surface area (Å²) in [6, 6.07) is -0.274. The molecular weight excluding hydrogens is 258 g/mol. The maximum absolute atomic E-state index is 12.3. The Bertz CT molecular complexity index is 455. The minimum absolute atomic E-state index is 0.254. The molecule has 1 aliphatic heterocycles. The standard InChI is InChI=1S/C15H23NO4/c1-7-8-10-11(15(4,5)19)13(17)16(10)12(9(2)3)14(18)20-6/h7,10-11,19H,1,8H2,2-6H3. The molecular formula is C15H23NO4. The second kappa shape index (κ2) is 5.79. The molecule has 1 fully saturated rings. The molecule has 2 atom stereocenters. The van der Waals surface area contributed by atoms with Gasteiger partial charge in [-0.3, -0.25) is 4.79 Å². The van der Waals surface area contributed by atoms with Crippen LogP contribution in [-0.2, 0) is 14.3 Å². The van der Waals surface area contributed by atoms with Gasteiger partial charge in [-0.15, -0.1) is 6.58 Å². The van der Waals surface area contributed by atoms with Gasteiger partial charge in [0.1, 0.15) is 5.70 Å². The second-order valence-corrected chi connectivity index (χ2v) is 5.77. The van der Waals surface area contributed by atoms with Crippen LogP contribution in [-0.4, -0.2) is 40.6 Å². The molecule has 5 heteroatoms. The van der Waals surface area contributed by atoms with Crippen molar-refractivity contribution in [2.75, 3.05) is 7.11 Å². The molecule has 0 aliphatic carbocycles. The average Bonchev–Trinajstić information content (AvgIpc) is 2.32. The van der Waals surface area contributed by atoms with Crippen LogP contribution in [0, 0.1) is 5.92 Å². The molecule has 1 N–H and O–H groups in total. The van der Waals surface area contributed by atoms with Gasteiger partial charge in [0.25, 0.3) is 0 Å². The number of allylic oxidation sites excluding steroid dienone is 1. The third kappa shape index (κ3) is 2.77. The number of hydrogen-bond donors (Lipinski definition) is 1. The highest BCUT2D eigenvalue weighted by molar-refractivity contribution is 5.99. The van der Waals surface area contributed by atoms with E-state index in [4.69, 9.17) is 4.74 Å². The fourth-order valence-electron chi connectivity index (χ4n) is 2.65. The van der Waals surface area contributed by atoms with E-state index in [1.54, 1.807) is 33.8 Å². The van der Waals surface area contributed by atoms with E-state index in [1.807, 2.05) is 0 Å². The molecule has 2 unspecified atom stereocenters. The lowest BCUT2D eigenvalue weighted by Crippen LogP contribution is -2.67. The topological polar surface area (TPSA) is 66.8 Å². The molecule has 0 spiro atoms. The summed E-state index contributed by atoms with van der Waals surface area (Å²) in [6.07, 6.45) is 2.19. The van der Waals surface area contributed by atoms with Crippen LogP contribution in [0.25, 0.3) is 0 Å². The lowest BCUT2D eigenvalue weighted by Gasteiger charge is -2.51. The minimum atomic E-state index is -1.13. The van der Waals surface area contributed by atoms with E-state index in [0.717, 1.165) is 0 Å². The SMILES string of the molecule is C=CCC1C(C(C)(C)O)C(=O)N1C(C(=O)OC)=C(C)C. The maximum Gasteiger partial charge on any atom is 0.354 e. The van der Waals surface area contributed by atoms with Gasteiger partial charge < -0.3 is 14.7 Å². The maximum atomic E-state index is 12.3. The van der Waals surface area contributed by atoms with Crippen molar-refractivity contribution in [3.63, 3.8) is 0 Å². The van der Waals surface area contributed by atoms with Crippen LogP contribution in [0.4, 0.5) is 0 Å². The van der Waals surface area contributed by atoms with Crippen molar-refractivity contribution in [2.24, 2.45) is 5.92 Å². The number of methoxy groups -OCH3 is 1. The fourth-order valence-corrected chi connectivity index (χ4v) is 2.65. The third-order valence-corrected chi connectivity index (χ3v) is 3.48. The zero-order valence-electron chi connectivity index (χ0n) is 12.8. The van der Waals surface area contributed by atoms with Gasteiger partial charge in [-0.05, 0) is 39.7 Å². The highest BCUT2D eigenvalue weighted by atomic mass is 16.5. The molecule has 1 heterocycles. The Morgan fingerprint density at radius 1 is 1.50 bits per heavy atom. The van der Waals surface area contributed by atoms with Gasteiger partial charge in [-0.1, -0.05) is 6.08 Å². The largest absolute Gasteiger partial charge is 0.464 e. The molecule has 1 aliphatic rings. The number of nitrogens with zero attached hydrogens (tertiary/aromatic N) is 1. The summed E-state index contributed by atoms with van der Waals surface area (Å²) in [5.74, 6) is -1.34. The second-order valence-electron chi connectivity index (χ2n) is 5.77. The minimum Gasteiger partial charge on any atom is -0.464 e. The summed E-state index contributed by atoms with van der Waals surface area (Å²) in [7, 11) is 1.28. The summed E-state index contributed by atoms with van der Waals surface area (Å²) in [5, 5.41) is 10.1. The van der Waals surface area contributed by atoms with Crippen LogP contribution in [0.3, 0.4) is 0 Å². The Morgan fingerprint density at radius 3 is 2.40 bits per heavy atom. The molecule has 0 radical (unpaired) electrons. The number of aliphatic hydroxyl groups is 1. The van der Waals surface area contributed by atoms with E-state index >= 15 is 0 Å². The first-order chi connectivity index (χ1) is 9.16. The van der Waals surface area contributed by atoms with Crippen molar-refractivity contribution >= 4 is 11.9 Å². The van der Waals surface area contributed by atoms with Gasteiger partial charge in [0.05, 0.1) is 24.7 Å². The summed E-state index contributed by atoms with van der Waals surface area (Å²) in [5.41, 5.74) is -0.178. The van der Waals surface area contributed by atoms with Crippen molar-refractivity contribution in [3.05, 3.63) is 23.9 Å². The first-order valence-corrected chi connectivity index (χ1v) is 6.59. The van der Waals surface area contributed by atoms with E-state index in [1.165, 1.54) is 12.0 Å². The summed E-state index contributed by atoms with van der Waals surface area (Å²) >= 11 is 0. The van der Waals surface area contributed by atoms with Gasteiger partial charge in [-0.25, -0.2) is 4.79 Å². The quantitative estimate of drug-likeness (QED) is 0.360. The predicted molar refractivity (Wildman–Crippen MR) is 75.6 cm³/mol. The van der Waals surface area contributed by atoms with Gasteiger partial charge in [0, 0.05) is 0 Å². The first-order valence-electron chi connectivity index (χ1n) is 6.59. The molecule has 0 saturated carbocycles. The molecule has 0 bridgehead atoms. The summed E-state index contributed by atoms with van der Waals surface area (Å²) in [6.45, 7) is 10.4. The van der Waals surface area contributed by atoms with Crippen molar-refractivity contribution in [1.29, 1.82) is 0 Å². The van der Waals surface area contributed by atoms with Crippen LogP contribution < -0.4 is 0 Å². The fraction of sp³-hybridized carbons (Fsp3) is 0.600. The van der Waals surface area contributed by atoms with Crippen LogP contribution in [0.1, 0.15) is 34.1 Å². The van der Waals surface area contributed by atoms with Crippen LogP contribution >= 0.6 is 0 Å².